The summed E-state index contributed by atoms with van der Waals surface area (Å²) in [6.45, 7) is 11.4. The Balaban J connectivity index is 1.22. The SMILES string of the molecule is C[C@@H]1CC/C=C\C2C[C@@]2(C(=O)NS(=O)(=O)C2(C)CC2)NC(=O)[C@@H]2C[C@@H](Oc3nccc4c5c(ccc34)CCO5)CN2C(=O)[C@@H](NC(=O)OC(C)(C)C)[C@H](C)C1. The number of hydrogen-bond acceptors (Lipinski definition) is 10. The lowest BCUT2D eigenvalue weighted by molar-refractivity contribution is -0.142. The van der Waals surface area contributed by atoms with Crippen LogP contribution in [0.3, 0.4) is 0 Å². The first-order chi connectivity index (χ1) is 25.9. The van der Waals surface area contributed by atoms with Crippen molar-refractivity contribution in [2.24, 2.45) is 17.8 Å². The van der Waals surface area contributed by atoms with Gasteiger partial charge in [0.2, 0.25) is 27.7 Å². The van der Waals surface area contributed by atoms with E-state index in [4.69, 9.17) is 14.2 Å². The van der Waals surface area contributed by atoms with Crippen molar-refractivity contribution in [3.63, 3.8) is 0 Å². The molecular weight excluding hydrogens is 727 g/mol. The van der Waals surface area contributed by atoms with Crippen LogP contribution in [0.2, 0.25) is 0 Å². The molecule has 5 aliphatic rings. The van der Waals surface area contributed by atoms with Crippen molar-refractivity contribution < 1.29 is 41.8 Å². The maximum absolute atomic E-state index is 14.8. The Bertz CT molecular complexity index is 2030. The largest absolute Gasteiger partial charge is 0.492 e. The maximum Gasteiger partial charge on any atom is 0.408 e. The molecule has 14 nitrogen and oxygen atoms in total. The van der Waals surface area contributed by atoms with Gasteiger partial charge in [-0.15, -0.1) is 0 Å². The molecule has 4 heterocycles. The minimum atomic E-state index is -3.99. The van der Waals surface area contributed by atoms with Crippen molar-refractivity contribution in [1.29, 1.82) is 0 Å². The fourth-order valence-electron chi connectivity index (χ4n) is 8.16. The van der Waals surface area contributed by atoms with Gasteiger partial charge in [0.1, 0.15) is 35.1 Å². The molecule has 298 valence electrons. The average molecular weight is 780 g/mol. The number of alkyl carbamates (subject to hydrolysis) is 1. The molecule has 15 heteroatoms. The molecule has 7 atom stereocenters. The van der Waals surface area contributed by atoms with Gasteiger partial charge < -0.3 is 29.7 Å². The number of allylic oxidation sites excluding steroid dienone is 1. The van der Waals surface area contributed by atoms with Gasteiger partial charge in [0.25, 0.3) is 5.91 Å². The number of hydrogen-bond donors (Lipinski definition) is 3. The molecule has 7 rings (SSSR count). The first-order valence-corrected chi connectivity index (χ1v) is 20.9. The third-order valence-corrected chi connectivity index (χ3v) is 13.9. The zero-order chi connectivity index (χ0) is 39.5. The van der Waals surface area contributed by atoms with Crippen LogP contribution in [0.25, 0.3) is 10.8 Å². The number of carbonyl (C=O) groups is 4. The van der Waals surface area contributed by atoms with Crippen molar-refractivity contribution in [1.82, 2.24) is 25.2 Å². The lowest BCUT2D eigenvalue weighted by atomic mass is 9.88. The minimum Gasteiger partial charge on any atom is -0.492 e. The summed E-state index contributed by atoms with van der Waals surface area (Å²) >= 11 is 0. The molecule has 1 aromatic heterocycles. The van der Waals surface area contributed by atoms with Crippen LogP contribution in [0, 0.1) is 17.8 Å². The van der Waals surface area contributed by atoms with Gasteiger partial charge in [0.05, 0.1) is 17.9 Å². The highest BCUT2D eigenvalue weighted by Crippen LogP contribution is 2.48. The molecule has 55 heavy (non-hydrogen) atoms. The van der Waals surface area contributed by atoms with E-state index in [-0.39, 0.29) is 31.2 Å². The van der Waals surface area contributed by atoms with E-state index in [9.17, 15) is 27.6 Å². The van der Waals surface area contributed by atoms with Gasteiger partial charge in [0.15, 0.2) is 0 Å². The van der Waals surface area contributed by atoms with Crippen LogP contribution in [0.5, 0.6) is 11.6 Å². The van der Waals surface area contributed by atoms with Gasteiger partial charge in [0, 0.05) is 35.7 Å². The molecule has 2 aliphatic carbocycles. The summed E-state index contributed by atoms with van der Waals surface area (Å²) in [6.07, 6.45) is 8.01. The molecule has 1 saturated heterocycles. The molecule has 0 spiro atoms. The number of ether oxygens (including phenoxy) is 3. The lowest BCUT2D eigenvalue weighted by Gasteiger charge is -2.33. The second-order valence-corrected chi connectivity index (χ2v) is 19.6. The summed E-state index contributed by atoms with van der Waals surface area (Å²) in [5, 5.41) is 7.31. The molecule has 0 radical (unpaired) electrons. The number of sulfonamides is 1. The quantitative estimate of drug-likeness (QED) is 0.358. The second-order valence-electron chi connectivity index (χ2n) is 17.4. The van der Waals surface area contributed by atoms with Crippen LogP contribution in [0.4, 0.5) is 4.79 Å². The fourth-order valence-corrected chi connectivity index (χ4v) is 9.47. The summed E-state index contributed by atoms with van der Waals surface area (Å²) in [7, 11) is -3.99. The van der Waals surface area contributed by atoms with E-state index < -0.39 is 73.8 Å². The number of carbonyl (C=O) groups excluding carboxylic acids is 4. The predicted octanol–water partition coefficient (Wildman–Crippen LogP) is 4.30. The number of aromatic nitrogens is 1. The molecule has 4 amide bonds. The van der Waals surface area contributed by atoms with Crippen molar-refractivity contribution in [2.45, 2.75) is 127 Å². The number of pyridine rings is 1. The second kappa shape index (κ2) is 14.3. The number of amides is 4. The van der Waals surface area contributed by atoms with Gasteiger partial charge >= 0.3 is 6.09 Å². The van der Waals surface area contributed by atoms with Crippen LogP contribution in [0.1, 0.15) is 92.1 Å². The summed E-state index contributed by atoms with van der Waals surface area (Å²) < 4.78 is 45.6. The molecule has 2 saturated carbocycles. The van der Waals surface area contributed by atoms with Crippen molar-refractivity contribution in [3.05, 3.63) is 42.1 Å². The van der Waals surface area contributed by atoms with Crippen LogP contribution in [0.15, 0.2) is 36.5 Å². The molecule has 3 aliphatic heterocycles. The van der Waals surface area contributed by atoms with E-state index in [0.29, 0.717) is 38.2 Å². The maximum atomic E-state index is 14.8. The summed E-state index contributed by atoms with van der Waals surface area (Å²) in [4.78, 5) is 62.4. The van der Waals surface area contributed by atoms with Gasteiger partial charge in [-0.2, -0.15) is 0 Å². The van der Waals surface area contributed by atoms with Gasteiger partial charge in [-0.05, 0) is 95.8 Å². The Labute approximate surface area is 322 Å². The Kier molecular flexibility index (Phi) is 10.1. The predicted molar refractivity (Wildman–Crippen MR) is 204 cm³/mol. The number of benzene rings is 1. The van der Waals surface area contributed by atoms with E-state index in [1.807, 2.05) is 37.3 Å². The first kappa shape index (κ1) is 38.9. The normalized spacial score (nSPS) is 31.0. The van der Waals surface area contributed by atoms with E-state index in [0.717, 1.165) is 34.9 Å². The Hall–Kier alpha value is -4.40. The topological polar surface area (TPSA) is 182 Å². The monoisotopic (exact) mass is 779 g/mol. The van der Waals surface area contributed by atoms with E-state index >= 15 is 0 Å². The summed E-state index contributed by atoms with van der Waals surface area (Å²) in [6, 6.07) is 3.62. The molecule has 1 aromatic carbocycles. The molecule has 1 unspecified atom stereocenters. The Morgan fingerprint density at radius 3 is 2.58 bits per heavy atom. The molecule has 3 fully saturated rings. The summed E-state index contributed by atoms with van der Waals surface area (Å²) in [5.41, 5.74) is -1.25. The third-order valence-electron chi connectivity index (χ3n) is 11.8. The van der Waals surface area contributed by atoms with E-state index in [2.05, 4.69) is 27.3 Å². The van der Waals surface area contributed by atoms with Crippen LogP contribution < -0.4 is 24.8 Å². The highest BCUT2D eigenvalue weighted by molar-refractivity contribution is 7.91. The van der Waals surface area contributed by atoms with Crippen LogP contribution >= 0.6 is 0 Å². The summed E-state index contributed by atoms with van der Waals surface area (Å²) in [5.74, 6) is -1.42. The third kappa shape index (κ3) is 7.86. The Morgan fingerprint density at radius 2 is 1.85 bits per heavy atom. The first-order valence-electron chi connectivity index (χ1n) is 19.5. The number of fused-ring (bicyclic) bond motifs is 5. The number of rotatable bonds is 6. The number of nitrogens with one attached hydrogen (secondary N) is 3. The van der Waals surface area contributed by atoms with Crippen molar-refractivity contribution in [2.75, 3.05) is 13.2 Å². The standard InChI is InChI=1S/C40H53N5O9S/c1-23-9-7-8-10-26-21-40(26,36(48)44-55(50,51)39(6)15-16-39)43-33(46)30-20-27(53-34-29-12-11-25-14-18-52-32(25)28(29)13-17-41-34)22-45(30)35(47)31(24(2)19-23)42-37(49)54-38(3,4)5/h8,10-13,17,23-24,26-27,30-31H,7,9,14-16,18-22H2,1-6H3,(H,42,49)(H,43,46)(H,44,48)/b10-8-/t23-,24-,26?,27-,30+,31+,40-/m1/s1. The molecule has 0 bridgehead atoms. The average Bonchev–Trinajstić information content (AvgIpc) is 3.88. The highest BCUT2D eigenvalue weighted by atomic mass is 32.2. The fraction of sp³-hybridized carbons (Fsp3) is 0.625. The Morgan fingerprint density at radius 1 is 1.09 bits per heavy atom. The van der Waals surface area contributed by atoms with Crippen molar-refractivity contribution >= 4 is 44.6 Å². The lowest BCUT2D eigenvalue weighted by Crippen LogP contribution is -2.59. The molecular formula is C40H53N5O9S. The van der Waals surface area contributed by atoms with Gasteiger partial charge in [-0.25, -0.2) is 18.2 Å². The van der Waals surface area contributed by atoms with Crippen LogP contribution in [-0.4, -0.2) is 89.3 Å². The van der Waals surface area contributed by atoms with Gasteiger partial charge in [-0.3, -0.25) is 19.1 Å². The minimum absolute atomic E-state index is 0.0134. The zero-order valence-electron chi connectivity index (χ0n) is 32.5. The van der Waals surface area contributed by atoms with E-state index in [1.165, 1.54) is 4.90 Å². The zero-order valence-corrected chi connectivity index (χ0v) is 33.3. The molecule has 2 aromatic rings. The smallest absolute Gasteiger partial charge is 0.408 e. The van der Waals surface area contributed by atoms with E-state index in [1.54, 1.807) is 33.9 Å². The highest BCUT2D eigenvalue weighted by Gasteiger charge is 2.63. The van der Waals surface area contributed by atoms with Crippen molar-refractivity contribution in [3.8, 4) is 11.6 Å². The van der Waals surface area contributed by atoms with Crippen LogP contribution in [-0.2, 0) is 35.6 Å². The number of nitrogens with zero attached hydrogens (tertiary/aromatic N) is 2. The van der Waals surface area contributed by atoms with Gasteiger partial charge in [-0.1, -0.05) is 32.1 Å². The molecule has 3 N–H and O–H groups in total.